The molecular weight excluding hydrogens is 558 g/mol. The lowest BCUT2D eigenvalue weighted by Gasteiger charge is -2.24. The molecule has 0 rings (SSSR count). The van der Waals surface area contributed by atoms with Crippen LogP contribution in [0.4, 0.5) is 35.9 Å². The van der Waals surface area contributed by atoms with Crippen molar-refractivity contribution in [2.45, 2.75) is 104 Å². The molecule has 236 valence electrons. The number of rotatable bonds is 8. The van der Waals surface area contributed by atoms with Crippen LogP contribution in [0, 0.1) is 11.8 Å². The van der Waals surface area contributed by atoms with Gasteiger partial charge in [-0.05, 0) is 54.4 Å². The summed E-state index contributed by atoms with van der Waals surface area (Å²) in [6, 6.07) is -2.82. The first-order valence-electron chi connectivity index (χ1n) is 12.0. The summed E-state index contributed by atoms with van der Waals surface area (Å²) in [5.41, 5.74) is -1.64. The molecule has 0 fully saturated rings. The van der Waals surface area contributed by atoms with Gasteiger partial charge >= 0.3 is 36.5 Å². The number of nitrogens with one attached hydrogen (secondary N) is 2. The molecule has 0 aromatic heterocycles. The van der Waals surface area contributed by atoms with Crippen molar-refractivity contribution in [2.75, 3.05) is 14.2 Å². The minimum Gasteiger partial charge on any atom is -0.467 e. The molecule has 0 bridgehead atoms. The number of halogens is 6. The average molecular weight is 599 g/mol. The van der Waals surface area contributed by atoms with Crippen LogP contribution in [0.15, 0.2) is 0 Å². The summed E-state index contributed by atoms with van der Waals surface area (Å²) < 4.78 is 93.5. The third-order valence-corrected chi connectivity index (χ3v) is 4.65. The van der Waals surface area contributed by atoms with Crippen LogP contribution in [0.2, 0.25) is 0 Å². The number of carbonyl (C=O) groups is 4. The van der Waals surface area contributed by atoms with Gasteiger partial charge in [0, 0.05) is 0 Å². The lowest BCUT2D eigenvalue weighted by atomic mass is 10.0. The Kier molecular flexibility index (Phi) is 15.4. The zero-order valence-corrected chi connectivity index (χ0v) is 24.3. The van der Waals surface area contributed by atoms with E-state index in [2.05, 4.69) is 20.1 Å². The van der Waals surface area contributed by atoms with Gasteiger partial charge in [-0.3, -0.25) is 0 Å². The second-order valence-corrected chi connectivity index (χ2v) is 10.8. The van der Waals surface area contributed by atoms with Crippen LogP contribution in [-0.2, 0) is 28.5 Å². The molecule has 2 N–H and O–H groups in total. The van der Waals surface area contributed by atoms with Crippen LogP contribution in [0.25, 0.3) is 0 Å². The lowest BCUT2D eigenvalue weighted by Crippen LogP contribution is -2.46. The Bertz CT molecular complexity index is 767. The second-order valence-electron chi connectivity index (χ2n) is 10.8. The van der Waals surface area contributed by atoms with E-state index in [1.54, 1.807) is 41.5 Å². The number of ether oxygens (including phenoxy) is 4. The monoisotopic (exact) mass is 598 g/mol. The molecule has 0 aromatic rings. The maximum absolute atomic E-state index is 12.5. The van der Waals surface area contributed by atoms with Gasteiger partial charge in [0.25, 0.3) is 0 Å². The van der Waals surface area contributed by atoms with Gasteiger partial charge in [0.2, 0.25) is 0 Å². The van der Waals surface area contributed by atoms with Gasteiger partial charge in [-0.15, -0.1) is 0 Å². The summed E-state index contributed by atoms with van der Waals surface area (Å²) in [4.78, 5) is 45.8. The Morgan fingerprint density at radius 3 is 1.02 bits per heavy atom. The van der Waals surface area contributed by atoms with Gasteiger partial charge in [-0.1, -0.05) is 13.8 Å². The van der Waals surface area contributed by atoms with Crippen LogP contribution >= 0.6 is 0 Å². The largest absolute Gasteiger partial charge is 0.467 e. The van der Waals surface area contributed by atoms with Crippen LogP contribution in [-0.4, -0.2) is 74.0 Å². The molecule has 2 amide bonds. The molecule has 40 heavy (non-hydrogen) atoms. The molecule has 10 nitrogen and oxygen atoms in total. The van der Waals surface area contributed by atoms with Crippen molar-refractivity contribution in [3.63, 3.8) is 0 Å². The molecule has 0 aliphatic heterocycles. The highest BCUT2D eigenvalue weighted by molar-refractivity contribution is 5.82. The number of hydrogen-bond donors (Lipinski definition) is 2. The summed E-state index contributed by atoms with van der Waals surface area (Å²) in [5.74, 6) is -5.43. The number of carbonyl (C=O) groups excluding carboxylic acids is 4. The zero-order valence-electron chi connectivity index (χ0n) is 24.3. The lowest BCUT2D eigenvalue weighted by molar-refractivity contribution is -0.175. The van der Waals surface area contributed by atoms with Gasteiger partial charge in [0.15, 0.2) is 0 Å². The minimum absolute atomic E-state index is 0.616. The highest BCUT2D eigenvalue weighted by Crippen LogP contribution is 2.30. The van der Waals surface area contributed by atoms with Crippen molar-refractivity contribution in [2.24, 2.45) is 11.8 Å². The Balaban J connectivity index is 0. The molecule has 0 saturated carbocycles. The number of esters is 2. The molecule has 0 unspecified atom stereocenters. The molecule has 0 heterocycles. The van der Waals surface area contributed by atoms with Crippen LogP contribution in [0.5, 0.6) is 0 Å². The standard InChI is InChI=1S/2C12H20F3NO4/c2*1-7(12(13,14)15)6-8(9(17)19-5)16-10(18)20-11(2,3)4/h2*7-8H,6H2,1-5H3,(H,16,18)/t7-,8+;7-,8-/m10/s1. The van der Waals surface area contributed by atoms with E-state index in [9.17, 15) is 45.5 Å². The molecule has 0 aliphatic rings. The SMILES string of the molecule is COC(=O)[C@H](C[C@@H](C)C(F)(F)F)NC(=O)OC(C)(C)C.COC(=O)[C@H](C[C@H](C)C(F)(F)F)NC(=O)OC(C)(C)C. The van der Waals surface area contributed by atoms with Crippen LogP contribution < -0.4 is 10.6 Å². The highest BCUT2D eigenvalue weighted by atomic mass is 19.4. The molecule has 0 aliphatic carbocycles. The summed E-state index contributed by atoms with van der Waals surface area (Å²) in [6.45, 7) is 11.4. The van der Waals surface area contributed by atoms with Crippen molar-refractivity contribution < 1.29 is 64.5 Å². The Morgan fingerprint density at radius 2 is 0.850 bits per heavy atom. The molecule has 0 radical (unpaired) electrons. The minimum atomic E-state index is -4.46. The van der Waals surface area contributed by atoms with Gasteiger partial charge in [0.1, 0.15) is 23.3 Å². The first-order chi connectivity index (χ1) is 17.7. The topological polar surface area (TPSA) is 129 Å². The summed E-state index contributed by atoms with van der Waals surface area (Å²) in [5, 5.41) is 4.18. The van der Waals surface area contributed by atoms with E-state index >= 15 is 0 Å². The third-order valence-electron chi connectivity index (χ3n) is 4.65. The summed E-state index contributed by atoms with van der Waals surface area (Å²) in [7, 11) is 2.06. The smallest absolute Gasteiger partial charge is 0.408 e. The molecule has 4 atom stereocenters. The fourth-order valence-corrected chi connectivity index (χ4v) is 2.59. The van der Waals surface area contributed by atoms with E-state index in [-0.39, 0.29) is 0 Å². The van der Waals surface area contributed by atoms with E-state index in [1.807, 2.05) is 0 Å². The number of alkyl halides is 6. The number of hydrogen-bond acceptors (Lipinski definition) is 8. The van der Waals surface area contributed by atoms with Crippen molar-refractivity contribution in [3.05, 3.63) is 0 Å². The predicted octanol–water partition coefficient (Wildman–Crippen LogP) is 5.28. The molecular formula is C24H40F6N2O8. The number of alkyl carbamates (subject to hydrolysis) is 2. The van der Waals surface area contributed by atoms with E-state index in [1.165, 1.54) is 0 Å². The average Bonchev–Trinajstić information content (AvgIpc) is 2.73. The quantitative estimate of drug-likeness (QED) is 0.219. The van der Waals surface area contributed by atoms with Gasteiger partial charge in [-0.25, -0.2) is 19.2 Å². The van der Waals surface area contributed by atoms with E-state index in [0.717, 1.165) is 28.1 Å². The fourth-order valence-electron chi connectivity index (χ4n) is 2.59. The van der Waals surface area contributed by atoms with Crippen LogP contribution in [0.3, 0.4) is 0 Å². The highest BCUT2D eigenvalue weighted by Gasteiger charge is 2.41. The van der Waals surface area contributed by atoms with Crippen LogP contribution in [0.1, 0.15) is 68.2 Å². The van der Waals surface area contributed by atoms with Gasteiger partial charge in [-0.2, -0.15) is 26.3 Å². The number of methoxy groups -OCH3 is 2. The van der Waals surface area contributed by atoms with Gasteiger partial charge in [0.05, 0.1) is 26.1 Å². The van der Waals surface area contributed by atoms with Crippen molar-refractivity contribution in [1.82, 2.24) is 10.6 Å². The Morgan fingerprint density at radius 1 is 0.600 bits per heavy atom. The zero-order chi connectivity index (χ0) is 32.3. The third kappa shape index (κ3) is 18.4. The molecule has 0 aromatic carbocycles. The summed E-state index contributed by atoms with van der Waals surface area (Å²) >= 11 is 0. The van der Waals surface area contributed by atoms with E-state index in [0.29, 0.717) is 0 Å². The fraction of sp³-hybridized carbons (Fsp3) is 0.833. The van der Waals surface area contributed by atoms with Crippen molar-refractivity contribution in [1.29, 1.82) is 0 Å². The Hall–Kier alpha value is -2.94. The predicted molar refractivity (Wildman–Crippen MR) is 130 cm³/mol. The maximum Gasteiger partial charge on any atom is 0.408 e. The van der Waals surface area contributed by atoms with Gasteiger partial charge < -0.3 is 29.6 Å². The Labute approximate surface area is 229 Å². The van der Waals surface area contributed by atoms with Crippen molar-refractivity contribution in [3.8, 4) is 0 Å². The van der Waals surface area contributed by atoms with E-state index < -0.39 is 84.4 Å². The molecule has 16 heteroatoms. The first kappa shape index (κ1) is 39.2. The summed E-state index contributed by atoms with van der Waals surface area (Å²) in [6.07, 6.45) is -12.1. The van der Waals surface area contributed by atoms with E-state index in [4.69, 9.17) is 9.47 Å². The second kappa shape index (κ2) is 15.7. The molecule has 0 saturated heterocycles. The van der Waals surface area contributed by atoms with Crippen molar-refractivity contribution >= 4 is 24.1 Å². The number of amides is 2. The maximum atomic E-state index is 12.5. The normalized spacial score (nSPS) is 15.2. The molecule has 0 spiro atoms. The first-order valence-corrected chi connectivity index (χ1v) is 12.0.